The van der Waals surface area contributed by atoms with E-state index in [2.05, 4.69) is 40.7 Å². The molecule has 0 unspecified atom stereocenters. The molecule has 3 N–H and O–H groups in total. The fraction of sp³-hybridized carbons (Fsp3) is 0.333. The molecule has 1 aromatic heterocycles. The number of carbonyl (C=O) groups excluding carboxylic acids is 1. The number of amides is 1. The Kier molecular flexibility index (Phi) is 8.54. The predicted octanol–water partition coefficient (Wildman–Crippen LogP) is 6.19. The van der Waals surface area contributed by atoms with Crippen LogP contribution in [0.25, 0.3) is 11.3 Å². The van der Waals surface area contributed by atoms with Crippen molar-refractivity contribution in [2.45, 2.75) is 69.2 Å². The Morgan fingerprint density at radius 3 is 2.58 bits per heavy atom. The number of aromatic nitrogens is 1. The monoisotopic (exact) mass is 579 g/mol. The summed E-state index contributed by atoms with van der Waals surface area (Å²) >= 11 is 0. The number of rotatable bonds is 10. The standard InChI is InChI=1S/C36H38FN3O3/c1-2-24-13-14-34-28(19-24)32(22-36(43-34)16-8-17-36)39-23-33(41)31(20-25-9-4-3-5-10-25)40-35(42)26-15-18-38-30(21-26)27-11-6-7-12-29(27)37/h3-7,9-15,18-19,21,31-33,39,41H,2,8,16-17,20,22-23H2,1H3,(H,40,42)/t31-,32-,33+/m0/s1. The third kappa shape index (κ3) is 6.48. The summed E-state index contributed by atoms with van der Waals surface area (Å²) in [5.74, 6) is 0.172. The lowest BCUT2D eigenvalue weighted by Crippen LogP contribution is -2.52. The van der Waals surface area contributed by atoms with Crippen LogP contribution in [0.1, 0.15) is 65.7 Å². The molecular formula is C36H38FN3O3. The van der Waals surface area contributed by atoms with Gasteiger partial charge in [-0.15, -0.1) is 0 Å². The van der Waals surface area contributed by atoms with Crippen LogP contribution in [-0.4, -0.2) is 40.3 Å². The van der Waals surface area contributed by atoms with Crippen molar-refractivity contribution in [3.05, 3.63) is 119 Å². The van der Waals surface area contributed by atoms with E-state index in [1.807, 2.05) is 30.3 Å². The van der Waals surface area contributed by atoms with Gasteiger partial charge in [-0.3, -0.25) is 9.78 Å². The molecule has 3 aromatic carbocycles. The largest absolute Gasteiger partial charge is 0.487 e. The molecule has 0 bridgehead atoms. The number of hydrogen-bond acceptors (Lipinski definition) is 5. The Hall–Kier alpha value is -4.07. The Bertz CT molecular complexity index is 1570. The highest BCUT2D eigenvalue weighted by Crippen LogP contribution is 2.49. The van der Waals surface area contributed by atoms with Crippen molar-refractivity contribution in [2.24, 2.45) is 0 Å². The number of fused-ring (bicyclic) bond motifs is 1. The molecule has 1 aliphatic carbocycles. The zero-order valence-electron chi connectivity index (χ0n) is 24.4. The molecule has 4 aromatic rings. The molecule has 0 radical (unpaired) electrons. The lowest BCUT2D eigenvalue weighted by molar-refractivity contribution is -0.0382. The Morgan fingerprint density at radius 1 is 1.05 bits per heavy atom. The average Bonchev–Trinajstić information content (AvgIpc) is 3.02. The maximum absolute atomic E-state index is 14.4. The minimum Gasteiger partial charge on any atom is -0.487 e. The number of nitrogens with zero attached hydrogens (tertiary/aromatic N) is 1. The highest BCUT2D eigenvalue weighted by atomic mass is 19.1. The molecule has 222 valence electrons. The molecule has 1 spiro atoms. The molecule has 0 saturated heterocycles. The summed E-state index contributed by atoms with van der Waals surface area (Å²) in [7, 11) is 0. The number of carbonyl (C=O) groups is 1. The molecule has 1 aliphatic heterocycles. The van der Waals surface area contributed by atoms with Crippen molar-refractivity contribution in [3.63, 3.8) is 0 Å². The van der Waals surface area contributed by atoms with E-state index in [1.54, 1.807) is 30.3 Å². The van der Waals surface area contributed by atoms with Crippen LogP contribution in [0.2, 0.25) is 0 Å². The van der Waals surface area contributed by atoms with Crippen LogP contribution >= 0.6 is 0 Å². The number of benzene rings is 3. The van der Waals surface area contributed by atoms with Crippen molar-refractivity contribution in [1.82, 2.24) is 15.6 Å². The first-order chi connectivity index (χ1) is 20.9. The summed E-state index contributed by atoms with van der Waals surface area (Å²) in [6.45, 7) is 2.44. The first-order valence-electron chi connectivity index (χ1n) is 15.2. The van der Waals surface area contributed by atoms with Gasteiger partial charge in [0, 0.05) is 41.9 Å². The summed E-state index contributed by atoms with van der Waals surface area (Å²) in [5, 5.41) is 18.2. The summed E-state index contributed by atoms with van der Waals surface area (Å²) in [6, 6.07) is 25.3. The van der Waals surface area contributed by atoms with Gasteiger partial charge in [0.2, 0.25) is 0 Å². The smallest absolute Gasteiger partial charge is 0.251 e. The van der Waals surface area contributed by atoms with Gasteiger partial charge in [0.1, 0.15) is 17.2 Å². The number of hydrogen-bond donors (Lipinski definition) is 3. The molecule has 2 heterocycles. The zero-order valence-corrected chi connectivity index (χ0v) is 24.4. The predicted molar refractivity (Wildman–Crippen MR) is 165 cm³/mol. The minimum atomic E-state index is -0.866. The third-order valence-corrected chi connectivity index (χ3v) is 8.85. The second kappa shape index (κ2) is 12.7. The number of aliphatic hydroxyl groups excluding tert-OH is 1. The molecule has 6 nitrogen and oxygen atoms in total. The lowest BCUT2D eigenvalue weighted by atomic mass is 9.72. The second-order valence-electron chi connectivity index (χ2n) is 11.8. The quantitative estimate of drug-likeness (QED) is 0.209. The Morgan fingerprint density at radius 2 is 1.84 bits per heavy atom. The third-order valence-electron chi connectivity index (χ3n) is 8.85. The van der Waals surface area contributed by atoms with E-state index in [1.165, 1.54) is 17.8 Å². The van der Waals surface area contributed by atoms with E-state index in [0.717, 1.165) is 49.0 Å². The molecule has 1 saturated carbocycles. The van der Waals surface area contributed by atoms with E-state index in [0.29, 0.717) is 29.8 Å². The van der Waals surface area contributed by atoms with E-state index in [4.69, 9.17) is 4.74 Å². The molecule has 6 rings (SSSR count). The van der Waals surface area contributed by atoms with E-state index >= 15 is 0 Å². The molecular weight excluding hydrogens is 541 g/mol. The fourth-order valence-corrected chi connectivity index (χ4v) is 6.20. The van der Waals surface area contributed by atoms with Crippen molar-refractivity contribution in [3.8, 4) is 17.0 Å². The first-order valence-corrected chi connectivity index (χ1v) is 15.2. The number of aryl methyl sites for hydroxylation is 1. The maximum Gasteiger partial charge on any atom is 0.251 e. The molecule has 3 atom stereocenters. The number of ether oxygens (including phenoxy) is 1. The minimum absolute atomic E-state index is 0.0433. The highest BCUT2D eigenvalue weighted by Gasteiger charge is 2.45. The van der Waals surface area contributed by atoms with Gasteiger partial charge in [0.25, 0.3) is 5.91 Å². The van der Waals surface area contributed by atoms with Crippen molar-refractivity contribution >= 4 is 5.91 Å². The van der Waals surface area contributed by atoms with Gasteiger partial charge in [-0.2, -0.15) is 0 Å². The van der Waals surface area contributed by atoms with Gasteiger partial charge in [-0.05, 0) is 73.6 Å². The van der Waals surface area contributed by atoms with Gasteiger partial charge >= 0.3 is 0 Å². The topological polar surface area (TPSA) is 83.5 Å². The van der Waals surface area contributed by atoms with Crippen LogP contribution in [-0.2, 0) is 12.8 Å². The van der Waals surface area contributed by atoms with Gasteiger partial charge in [-0.25, -0.2) is 4.39 Å². The van der Waals surface area contributed by atoms with Crippen molar-refractivity contribution in [1.29, 1.82) is 0 Å². The van der Waals surface area contributed by atoms with E-state index < -0.39 is 18.0 Å². The molecule has 1 amide bonds. The highest BCUT2D eigenvalue weighted by molar-refractivity contribution is 5.95. The van der Waals surface area contributed by atoms with Crippen LogP contribution in [0.4, 0.5) is 4.39 Å². The average molecular weight is 580 g/mol. The van der Waals surface area contributed by atoms with Crippen LogP contribution in [0.5, 0.6) is 5.75 Å². The summed E-state index contributed by atoms with van der Waals surface area (Å²) in [5.41, 5.74) is 4.30. The summed E-state index contributed by atoms with van der Waals surface area (Å²) < 4.78 is 20.9. The number of nitrogens with one attached hydrogen (secondary N) is 2. The summed E-state index contributed by atoms with van der Waals surface area (Å²) in [6.07, 6.45) is 6.12. The van der Waals surface area contributed by atoms with Crippen molar-refractivity contribution < 1.29 is 19.0 Å². The van der Waals surface area contributed by atoms with Gasteiger partial charge < -0.3 is 20.5 Å². The Balaban J connectivity index is 1.20. The first kappa shape index (κ1) is 29.0. The maximum atomic E-state index is 14.4. The lowest BCUT2D eigenvalue weighted by Gasteiger charge is -2.48. The van der Waals surface area contributed by atoms with E-state index in [9.17, 15) is 14.3 Å². The fourth-order valence-electron chi connectivity index (χ4n) is 6.20. The molecule has 43 heavy (non-hydrogen) atoms. The van der Waals surface area contributed by atoms with Gasteiger partial charge in [-0.1, -0.05) is 61.5 Å². The normalized spacial score (nSPS) is 18.2. The Labute approximate surface area is 252 Å². The molecule has 2 aliphatic rings. The number of pyridine rings is 1. The second-order valence-corrected chi connectivity index (χ2v) is 11.8. The number of halogens is 1. The van der Waals surface area contributed by atoms with Crippen molar-refractivity contribution in [2.75, 3.05) is 6.54 Å². The van der Waals surface area contributed by atoms with Gasteiger partial charge in [0.05, 0.1) is 17.8 Å². The van der Waals surface area contributed by atoms with E-state index in [-0.39, 0.29) is 17.6 Å². The SMILES string of the molecule is CCc1ccc2c(c1)[C@@H](NC[C@@H](O)[C@H](Cc1ccccc1)NC(=O)c1ccnc(-c3ccccc3F)c1)CC1(CCC1)O2. The summed E-state index contributed by atoms with van der Waals surface area (Å²) in [4.78, 5) is 17.8. The van der Waals surface area contributed by atoms with Gasteiger partial charge in [0.15, 0.2) is 0 Å². The van der Waals surface area contributed by atoms with Crippen LogP contribution in [0, 0.1) is 5.82 Å². The molecule has 1 fully saturated rings. The van der Waals surface area contributed by atoms with Crippen LogP contribution in [0.15, 0.2) is 91.1 Å². The number of aliphatic hydroxyl groups is 1. The van der Waals surface area contributed by atoms with Crippen LogP contribution < -0.4 is 15.4 Å². The molecule has 7 heteroatoms. The van der Waals surface area contributed by atoms with Crippen LogP contribution in [0.3, 0.4) is 0 Å². The zero-order chi connectivity index (χ0) is 29.8.